The van der Waals surface area contributed by atoms with Crippen LogP contribution in [0.1, 0.15) is 126 Å². The number of quaternary nitrogens is 5. The van der Waals surface area contributed by atoms with E-state index >= 15 is 0 Å². The molecule has 30 heteroatoms. The van der Waals surface area contributed by atoms with Crippen LogP contribution in [0.25, 0.3) is 0 Å². The van der Waals surface area contributed by atoms with Gasteiger partial charge in [-0.3, -0.25) is 52.7 Å². The van der Waals surface area contributed by atoms with Crippen molar-refractivity contribution in [2.75, 3.05) is 39.3 Å². The van der Waals surface area contributed by atoms with Crippen molar-refractivity contribution in [2.45, 2.75) is 204 Å². The Bertz CT molecular complexity index is 2050. The molecule has 0 aromatic heterocycles. The number of hydrogen-bond acceptors (Lipinski definition) is 14. The minimum atomic E-state index is -1.68. The fourth-order valence-electron chi connectivity index (χ4n) is 8.62. The summed E-state index contributed by atoms with van der Waals surface area (Å²) >= 11 is 0. The van der Waals surface area contributed by atoms with E-state index in [1.807, 2.05) is 0 Å². The Morgan fingerprint density at radius 3 is 1.46 bits per heavy atom. The van der Waals surface area contributed by atoms with Crippen LogP contribution in [0.15, 0.2) is 0 Å². The Morgan fingerprint density at radius 1 is 0.531 bits per heavy atom. The lowest BCUT2D eigenvalue weighted by Gasteiger charge is -2.29. The van der Waals surface area contributed by atoms with E-state index in [1.54, 1.807) is 13.8 Å². The Hall–Kier alpha value is -6.15. The van der Waals surface area contributed by atoms with E-state index in [0.29, 0.717) is 12.3 Å². The highest BCUT2D eigenvalue weighted by Gasteiger charge is 2.38. The Morgan fingerprint density at radius 2 is 0.988 bits per heavy atom. The Labute approximate surface area is 474 Å². The zero-order valence-electron chi connectivity index (χ0n) is 48.8. The fourth-order valence-corrected chi connectivity index (χ4v) is 8.62. The van der Waals surface area contributed by atoms with Gasteiger partial charge in [-0.1, -0.05) is 47.0 Å². The highest BCUT2D eigenvalue weighted by molar-refractivity contribution is 5.99. The summed E-state index contributed by atoms with van der Waals surface area (Å²) in [4.78, 5) is 152. The first kappa shape index (κ1) is 72.9. The summed E-state index contributed by atoms with van der Waals surface area (Å²) in [6.07, 6.45) is -1.80. The molecule has 0 radical (unpaired) electrons. The molecule has 0 aromatic carbocycles. The third-order valence-electron chi connectivity index (χ3n) is 13.6. The second-order valence-electron chi connectivity index (χ2n) is 21.3. The maximum atomic E-state index is 14.4. The Balaban J connectivity index is 3.79. The average Bonchev–Trinajstić information content (AvgIpc) is 3.39. The van der Waals surface area contributed by atoms with Crippen LogP contribution < -0.4 is 87.2 Å². The summed E-state index contributed by atoms with van der Waals surface area (Å²) in [5.41, 5.74) is 18.9. The van der Waals surface area contributed by atoms with Gasteiger partial charge in [0.2, 0.25) is 65.0 Å². The molecule has 1 rings (SSSR count). The zero-order chi connectivity index (χ0) is 61.5. The lowest BCUT2D eigenvalue weighted by Crippen LogP contribution is -2.64. The maximum absolute atomic E-state index is 14.4. The quantitative estimate of drug-likeness (QED) is 0.0324. The molecule has 1 fully saturated rings. The van der Waals surface area contributed by atoms with Crippen LogP contribution in [-0.4, -0.2) is 198 Å². The van der Waals surface area contributed by atoms with Crippen molar-refractivity contribution in [3.05, 3.63) is 0 Å². The van der Waals surface area contributed by atoms with E-state index < -0.39 is 151 Å². The summed E-state index contributed by atoms with van der Waals surface area (Å²) in [6.45, 7) is 11.5. The first-order valence-electron chi connectivity index (χ1n) is 28.5. The molecular weight excluding hydrogens is 1060 g/mol. The summed E-state index contributed by atoms with van der Waals surface area (Å²) in [5.74, 6) is -9.43. The number of amides is 11. The SMILES string of the molecule is CCC(C)CCCCC(=O)N[C@@H](CC[NH3+])C(=O)N[C@H](C(=O)N[C@H](CC[NH3+])C(=O)N[C@H]1CCNC(=O)[C@H](C(C)O)NC(=O)[C@H](CC[NH3+])NC(=O)[C@H](CC[NH3+])NC(=O)[C@H](C(C)O)NC(=O)[C@@H](CC(C)C)NC(=O)[C@H](CC[NH3+])NC1=O)C(C)O. The lowest BCUT2D eigenvalue weighted by atomic mass is 10.0. The van der Waals surface area contributed by atoms with Crippen molar-refractivity contribution in [1.29, 1.82) is 0 Å². The third kappa shape index (κ3) is 26.5. The molecule has 0 aliphatic carbocycles. The number of aliphatic hydroxyl groups excluding tert-OH is 3. The van der Waals surface area contributed by atoms with E-state index in [0.717, 1.165) is 19.3 Å². The van der Waals surface area contributed by atoms with Gasteiger partial charge >= 0.3 is 0 Å². The van der Waals surface area contributed by atoms with Crippen molar-refractivity contribution >= 4 is 65.0 Å². The van der Waals surface area contributed by atoms with Crippen LogP contribution in [0.2, 0.25) is 0 Å². The predicted octanol–water partition coefficient (Wildman–Crippen LogP) is -10.7. The molecular formula is C51H101N16O14+5. The van der Waals surface area contributed by atoms with E-state index in [2.05, 4.69) is 101 Å². The predicted molar refractivity (Wildman–Crippen MR) is 291 cm³/mol. The first-order chi connectivity index (χ1) is 38.2. The second-order valence-corrected chi connectivity index (χ2v) is 21.3. The molecule has 0 aromatic rings. The number of carbonyl (C=O) groups is 11. The van der Waals surface area contributed by atoms with Gasteiger partial charge in [-0.05, 0) is 51.9 Å². The van der Waals surface area contributed by atoms with Crippen LogP contribution in [0, 0.1) is 11.8 Å². The second kappa shape index (κ2) is 38.5. The van der Waals surface area contributed by atoms with Crippen LogP contribution >= 0.6 is 0 Å². The number of unbranched alkanes of at least 4 members (excludes halogenated alkanes) is 1. The number of rotatable bonds is 28. The molecule has 1 aliphatic rings. The van der Waals surface area contributed by atoms with Gasteiger partial charge in [0.1, 0.15) is 60.4 Å². The molecule has 0 saturated carbocycles. The molecule has 464 valence electrons. The molecule has 14 atom stereocenters. The van der Waals surface area contributed by atoms with Crippen molar-refractivity contribution < 1.29 is 96.7 Å². The molecule has 0 spiro atoms. The van der Waals surface area contributed by atoms with Crippen molar-refractivity contribution in [3.63, 3.8) is 0 Å². The molecule has 30 nitrogen and oxygen atoms in total. The first-order valence-corrected chi connectivity index (χ1v) is 28.5. The monoisotopic (exact) mass is 1160 g/mol. The van der Waals surface area contributed by atoms with Gasteiger partial charge in [0, 0.05) is 45.1 Å². The van der Waals surface area contributed by atoms with Crippen LogP contribution in [0.4, 0.5) is 0 Å². The Kier molecular flexibility index (Phi) is 34.7. The number of carbonyl (C=O) groups excluding carboxylic acids is 11. The highest BCUT2D eigenvalue weighted by atomic mass is 16.3. The maximum Gasteiger partial charge on any atom is 0.245 e. The van der Waals surface area contributed by atoms with Crippen LogP contribution in [-0.2, 0) is 52.7 Å². The van der Waals surface area contributed by atoms with E-state index in [-0.39, 0.29) is 89.5 Å². The number of nitrogens with one attached hydrogen (secondary N) is 11. The minimum Gasteiger partial charge on any atom is -0.391 e. The highest BCUT2D eigenvalue weighted by Crippen LogP contribution is 2.13. The van der Waals surface area contributed by atoms with E-state index in [9.17, 15) is 68.1 Å². The largest absolute Gasteiger partial charge is 0.391 e. The topological polar surface area (TPSA) is 519 Å². The van der Waals surface area contributed by atoms with Gasteiger partial charge in [-0.25, -0.2) is 0 Å². The molecule has 1 heterocycles. The van der Waals surface area contributed by atoms with Gasteiger partial charge < -0.3 is 102 Å². The molecule has 11 amide bonds. The third-order valence-corrected chi connectivity index (χ3v) is 13.6. The molecule has 29 N–H and O–H groups in total. The standard InChI is InChI=1S/C51H96N16O14/c1-8-27(4)11-9-10-12-38(71)58-31(13-19-52)46(76)66-40(29(6)69)50(80)63-34(16-22-55)43(73)61-36-18-24-57-49(79)39(28(5)68)65-47(77)35(17-23-56)60-42(72)33(15-21-54)62-51(81)41(30(7)70)67-48(78)37(25-26(2)3)64-44(74)32(14-20-53)59-45(36)75/h26-37,39-41,68-70H,8-25,52-56H2,1-7H3,(H,57,79)(H,58,71)(H,59,75)(H,60,72)(H,61,73)(H,62,81)(H,63,80)(H,64,74)(H,65,77)(H,66,76)(H,67,78)/p+5/t27?,28?,29?,30?,31-,32-,33-,34+,35-,36-,37+,39-,40-,41-/m0/s1. The smallest absolute Gasteiger partial charge is 0.245 e. The summed E-state index contributed by atoms with van der Waals surface area (Å²) in [6, 6.07) is -14.7. The van der Waals surface area contributed by atoms with Crippen LogP contribution in [0.5, 0.6) is 0 Å². The molecule has 1 saturated heterocycles. The van der Waals surface area contributed by atoms with Gasteiger partial charge in [-0.2, -0.15) is 0 Å². The van der Waals surface area contributed by atoms with Crippen LogP contribution in [0.3, 0.4) is 0 Å². The van der Waals surface area contributed by atoms with Gasteiger partial charge in [0.15, 0.2) is 0 Å². The summed E-state index contributed by atoms with van der Waals surface area (Å²) < 4.78 is 0. The van der Waals surface area contributed by atoms with Gasteiger partial charge in [0.05, 0.1) is 51.0 Å². The molecule has 4 unspecified atom stereocenters. The van der Waals surface area contributed by atoms with Gasteiger partial charge in [0.25, 0.3) is 0 Å². The normalized spacial score (nSPS) is 23.9. The zero-order valence-corrected chi connectivity index (χ0v) is 48.8. The molecule has 1 aliphatic heterocycles. The number of hydrogen-bond donors (Lipinski definition) is 19. The van der Waals surface area contributed by atoms with E-state index in [4.69, 9.17) is 0 Å². The molecule has 0 bridgehead atoms. The average molecular weight is 1160 g/mol. The number of aliphatic hydroxyl groups is 3. The molecule has 81 heavy (non-hydrogen) atoms. The van der Waals surface area contributed by atoms with Crippen molar-refractivity contribution in [3.8, 4) is 0 Å². The van der Waals surface area contributed by atoms with Crippen molar-refractivity contribution in [1.82, 2.24) is 58.5 Å². The summed E-state index contributed by atoms with van der Waals surface area (Å²) in [5, 5.41) is 60.1. The minimum absolute atomic E-state index is 0.00400. The van der Waals surface area contributed by atoms with E-state index in [1.165, 1.54) is 20.8 Å². The van der Waals surface area contributed by atoms with Crippen molar-refractivity contribution in [2.24, 2.45) is 11.8 Å². The van der Waals surface area contributed by atoms with Gasteiger partial charge in [-0.15, -0.1) is 0 Å². The fraction of sp³-hybridized carbons (Fsp3) is 0.784. The lowest BCUT2D eigenvalue weighted by molar-refractivity contribution is -0.369. The summed E-state index contributed by atoms with van der Waals surface area (Å²) in [7, 11) is 0.